The molecule has 0 saturated heterocycles. The van der Waals surface area contributed by atoms with Crippen molar-refractivity contribution in [2.75, 3.05) is 5.75 Å². The molecule has 0 aliphatic rings. The van der Waals surface area contributed by atoms with Gasteiger partial charge in [-0.15, -0.1) is 0 Å². The Balaban J connectivity index is 2.03. The normalized spacial score (nSPS) is 11.9. The number of benzene rings is 1. The minimum Gasteiger partial charge on any atom is -0.478 e. The van der Waals surface area contributed by atoms with E-state index >= 15 is 0 Å². The Morgan fingerprint density at radius 2 is 2.17 bits per heavy atom. The molecule has 8 nitrogen and oxygen atoms in total. The summed E-state index contributed by atoms with van der Waals surface area (Å²) in [5.41, 5.74) is 1.62. The fraction of sp³-hybridized carbons (Fsp3) is 0.214. The van der Waals surface area contributed by atoms with Gasteiger partial charge in [0.25, 0.3) is 0 Å². The molecule has 0 amide bonds. The predicted molar refractivity (Wildman–Crippen MR) is 88.3 cm³/mol. The van der Waals surface area contributed by atoms with Gasteiger partial charge in [0.15, 0.2) is 9.84 Å². The van der Waals surface area contributed by atoms with Gasteiger partial charge in [0.05, 0.1) is 28.5 Å². The first-order valence-electron chi connectivity index (χ1n) is 6.96. The number of H-pyrrole nitrogens is 1. The molecule has 0 fully saturated rings. The summed E-state index contributed by atoms with van der Waals surface area (Å²) < 4.78 is 24.9. The van der Waals surface area contributed by atoms with Crippen LogP contribution < -0.4 is 0 Å². The van der Waals surface area contributed by atoms with Gasteiger partial charge in [-0.1, -0.05) is 18.5 Å². The lowest BCUT2D eigenvalue weighted by Gasteiger charge is -2.04. The summed E-state index contributed by atoms with van der Waals surface area (Å²) in [7, 11) is -3.22. The number of halogens is 1. The zero-order valence-electron chi connectivity index (χ0n) is 12.5. The fourth-order valence-electron chi connectivity index (χ4n) is 2.17. The van der Waals surface area contributed by atoms with Crippen molar-refractivity contribution >= 4 is 38.4 Å². The largest absolute Gasteiger partial charge is 0.478 e. The summed E-state index contributed by atoms with van der Waals surface area (Å²) in [4.78, 5) is 18.2. The van der Waals surface area contributed by atoms with Crippen molar-refractivity contribution in [3.63, 3.8) is 0 Å². The van der Waals surface area contributed by atoms with E-state index in [1.165, 1.54) is 17.1 Å². The maximum atomic E-state index is 11.8. The lowest BCUT2D eigenvalue weighted by atomic mass is 10.2. The number of hydrogen-bond acceptors (Lipinski definition) is 5. The first-order valence-corrected chi connectivity index (χ1v) is 9.16. The second-order valence-electron chi connectivity index (χ2n) is 5.18. The van der Waals surface area contributed by atoms with Crippen LogP contribution in [0.4, 0.5) is 0 Å². The van der Waals surface area contributed by atoms with Crippen LogP contribution in [0.5, 0.6) is 0 Å². The molecular formula is C14H13ClN4O4S. The third-order valence-electron chi connectivity index (χ3n) is 3.50. The van der Waals surface area contributed by atoms with E-state index in [9.17, 15) is 13.2 Å². The molecule has 0 unspecified atom stereocenters. The molecule has 10 heteroatoms. The van der Waals surface area contributed by atoms with Gasteiger partial charge in [-0.2, -0.15) is 5.10 Å². The van der Waals surface area contributed by atoms with Crippen molar-refractivity contribution in [1.29, 1.82) is 0 Å². The average Bonchev–Trinajstić information content (AvgIpc) is 3.13. The van der Waals surface area contributed by atoms with Crippen LogP contribution in [0.2, 0.25) is 5.02 Å². The number of sulfone groups is 1. The average molecular weight is 369 g/mol. The lowest BCUT2D eigenvalue weighted by Crippen LogP contribution is -2.06. The summed E-state index contributed by atoms with van der Waals surface area (Å²) in [5, 5.41) is 13.2. The van der Waals surface area contributed by atoms with Gasteiger partial charge in [-0.25, -0.2) is 22.9 Å². The molecule has 0 bridgehead atoms. The third-order valence-corrected chi connectivity index (χ3v) is 5.48. The molecular weight excluding hydrogens is 356 g/mol. The molecule has 2 N–H and O–H groups in total. The molecule has 24 heavy (non-hydrogen) atoms. The molecule has 0 aliphatic heterocycles. The number of nitrogens with one attached hydrogen (secondary N) is 1. The highest BCUT2D eigenvalue weighted by molar-refractivity contribution is 7.90. The van der Waals surface area contributed by atoms with Gasteiger partial charge in [-0.3, -0.25) is 0 Å². The van der Waals surface area contributed by atoms with Crippen LogP contribution in [0, 0.1) is 0 Å². The SMILES string of the molecule is CCS(=O)(=O)Cc1cc2[nH]c(-n3cc(C(=O)O)cn3)nc2cc1Cl. The highest BCUT2D eigenvalue weighted by Crippen LogP contribution is 2.25. The quantitative estimate of drug-likeness (QED) is 0.711. The molecule has 3 rings (SSSR count). The number of hydrogen-bond donors (Lipinski definition) is 2. The topological polar surface area (TPSA) is 118 Å². The van der Waals surface area contributed by atoms with Crippen LogP contribution in [-0.4, -0.2) is 45.0 Å². The summed E-state index contributed by atoms with van der Waals surface area (Å²) in [6, 6.07) is 3.20. The number of fused-ring (bicyclic) bond motifs is 1. The molecule has 3 aromatic rings. The number of nitrogens with zero attached hydrogens (tertiary/aromatic N) is 3. The van der Waals surface area contributed by atoms with E-state index in [4.69, 9.17) is 16.7 Å². The van der Waals surface area contributed by atoms with E-state index in [0.29, 0.717) is 27.6 Å². The van der Waals surface area contributed by atoms with Crippen molar-refractivity contribution in [2.45, 2.75) is 12.7 Å². The first kappa shape index (κ1) is 16.5. The van der Waals surface area contributed by atoms with E-state index in [1.54, 1.807) is 19.1 Å². The molecule has 2 aromatic heterocycles. The number of carbonyl (C=O) groups is 1. The Hall–Kier alpha value is -2.39. The van der Waals surface area contributed by atoms with Gasteiger partial charge in [0.2, 0.25) is 5.95 Å². The maximum Gasteiger partial charge on any atom is 0.338 e. The van der Waals surface area contributed by atoms with E-state index in [-0.39, 0.29) is 17.1 Å². The minimum absolute atomic E-state index is 0.0286. The number of aromatic nitrogens is 4. The number of aromatic amines is 1. The zero-order chi connectivity index (χ0) is 17.5. The standard InChI is InChI=1S/C14H13ClN4O4S/c1-2-24(22,23)7-8-3-11-12(4-10(8)15)18-14(17-11)19-6-9(5-16-19)13(20)21/h3-6H,2,7H2,1H3,(H,17,18)(H,20,21). The molecule has 0 saturated carbocycles. The van der Waals surface area contributed by atoms with Crippen molar-refractivity contribution in [3.8, 4) is 5.95 Å². The minimum atomic E-state index is -3.22. The molecule has 2 heterocycles. The maximum absolute atomic E-state index is 11.8. The smallest absolute Gasteiger partial charge is 0.338 e. The highest BCUT2D eigenvalue weighted by Gasteiger charge is 2.15. The van der Waals surface area contributed by atoms with Crippen molar-refractivity contribution < 1.29 is 18.3 Å². The highest BCUT2D eigenvalue weighted by atomic mass is 35.5. The first-order chi connectivity index (χ1) is 11.3. The number of carboxylic acid groups (broad SMARTS) is 1. The summed E-state index contributed by atoms with van der Waals surface area (Å²) >= 11 is 6.15. The van der Waals surface area contributed by atoms with Crippen LogP contribution in [0.3, 0.4) is 0 Å². The molecule has 126 valence electrons. The number of aromatic carboxylic acids is 1. The second kappa shape index (κ2) is 5.91. The van der Waals surface area contributed by atoms with Crippen molar-refractivity contribution in [3.05, 3.63) is 40.7 Å². The summed E-state index contributed by atoms with van der Waals surface area (Å²) in [6.07, 6.45) is 2.53. The zero-order valence-corrected chi connectivity index (χ0v) is 14.1. The van der Waals surface area contributed by atoms with Gasteiger partial charge < -0.3 is 10.1 Å². The predicted octanol–water partition coefficient (Wildman–Crippen LogP) is 2.03. The van der Waals surface area contributed by atoms with Crippen molar-refractivity contribution in [2.24, 2.45) is 0 Å². The number of carboxylic acids is 1. The monoisotopic (exact) mass is 368 g/mol. The van der Waals surface area contributed by atoms with Gasteiger partial charge in [0, 0.05) is 17.0 Å². The Bertz CT molecular complexity index is 1040. The van der Waals surface area contributed by atoms with Crippen LogP contribution in [-0.2, 0) is 15.6 Å². The van der Waals surface area contributed by atoms with E-state index in [1.807, 2.05) is 0 Å². The van der Waals surface area contributed by atoms with E-state index in [0.717, 1.165) is 0 Å². The second-order valence-corrected chi connectivity index (χ2v) is 7.94. The molecule has 1 aromatic carbocycles. The Kier molecular flexibility index (Phi) is 4.06. The summed E-state index contributed by atoms with van der Waals surface area (Å²) in [6.45, 7) is 1.58. The van der Waals surface area contributed by atoms with Crippen LogP contribution in [0.1, 0.15) is 22.8 Å². The van der Waals surface area contributed by atoms with Crippen LogP contribution >= 0.6 is 11.6 Å². The van der Waals surface area contributed by atoms with Crippen LogP contribution in [0.15, 0.2) is 24.5 Å². The Morgan fingerprint density at radius 3 is 2.79 bits per heavy atom. The lowest BCUT2D eigenvalue weighted by molar-refractivity contribution is 0.0697. The van der Waals surface area contributed by atoms with Crippen molar-refractivity contribution in [1.82, 2.24) is 19.7 Å². The van der Waals surface area contributed by atoms with E-state index < -0.39 is 15.8 Å². The summed E-state index contributed by atoms with van der Waals surface area (Å²) in [5.74, 6) is -0.908. The molecule has 0 atom stereocenters. The third kappa shape index (κ3) is 3.13. The molecule has 0 aliphatic carbocycles. The van der Waals surface area contributed by atoms with Gasteiger partial charge in [-0.05, 0) is 17.7 Å². The number of imidazole rings is 1. The Labute approximate surface area is 142 Å². The Morgan fingerprint density at radius 1 is 1.42 bits per heavy atom. The van der Waals surface area contributed by atoms with Gasteiger partial charge >= 0.3 is 5.97 Å². The van der Waals surface area contributed by atoms with Gasteiger partial charge in [0.1, 0.15) is 0 Å². The van der Waals surface area contributed by atoms with E-state index in [2.05, 4.69) is 15.1 Å². The molecule has 0 spiro atoms. The number of rotatable bonds is 5. The molecule has 0 radical (unpaired) electrons. The van der Waals surface area contributed by atoms with Crippen LogP contribution in [0.25, 0.3) is 17.0 Å². The fourth-order valence-corrected chi connectivity index (χ4v) is 3.39.